The van der Waals surface area contributed by atoms with Crippen LogP contribution in [0.2, 0.25) is 0 Å². The highest BCUT2D eigenvalue weighted by molar-refractivity contribution is 5.85. The second-order valence-corrected chi connectivity index (χ2v) is 8.32. The van der Waals surface area contributed by atoms with E-state index < -0.39 is 0 Å². The molecule has 5 rings (SSSR count). The fourth-order valence-electron chi connectivity index (χ4n) is 4.34. The van der Waals surface area contributed by atoms with Crippen LogP contribution in [0.4, 0.5) is 11.6 Å². The highest BCUT2D eigenvalue weighted by Gasteiger charge is 2.24. The first-order valence-electron chi connectivity index (χ1n) is 11.3. The number of morpholine rings is 1. The number of rotatable bonds is 6. The average molecular weight is 436 g/mol. The van der Waals surface area contributed by atoms with Gasteiger partial charge in [0, 0.05) is 67.8 Å². The summed E-state index contributed by atoms with van der Waals surface area (Å²) in [5.74, 6) is 1.47. The van der Waals surface area contributed by atoms with Crippen molar-refractivity contribution < 1.29 is 9.47 Å². The molecule has 0 bridgehead atoms. The number of hydrogen-bond acceptors (Lipinski definition) is 9. The first kappa shape index (κ1) is 20.8. The molecule has 0 atom stereocenters. The van der Waals surface area contributed by atoms with Crippen LogP contribution in [-0.4, -0.2) is 58.4 Å². The molecule has 2 fully saturated rings. The zero-order chi connectivity index (χ0) is 21.8. The van der Waals surface area contributed by atoms with Crippen molar-refractivity contribution in [3.63, 3.8) is 0 Å². The standard InChI is InChI=1S/C23H29N7O2/c24-13-16-14-27-23(28-15-16)29-17-1-3-19(4-2-17)32-21-12-18(30-7-9-31-10-8-30)11-20-22(21)26-6-5-25-20/h5-6,11-12,14-15,17,19H,1-4,7-10,13,24H2,(H,27,28,29). The van der Waals surface area contributed by atoms with E-state index in [9.17, 15) is 0 Å². The fourth-order valence-corrected chi connectivity index (χ4v) is 4.34. The minimum absolute atomic E-state index is 0.152. The van der Waals surface area contributed by atoms with Crippen LogP contribution in [0.15, 0.2) is 36.9 Å². The molecule has 0 spiro atoms. The number of anilines is 2. The largest absolute Gasteiger partial charge is 0.488 e. The smallest absolute Gasteiger partial charge is 0.222 e. The van der Waals surface area contributed by atoms with E-state index in [0.29, 0.717) is 18.5 Å². The van der Waals surface area contributed by atoms with Gasteiger partial charge in [0.05, 0.1) is 24.8 Å². The molecule has 1 saturated heterocycles. The van der Waals surface area contributed by atoms with Gasteiger partial charge in [0.1, 0.15) is 11.3 Å². The molecule has 3 N–H and O–H groups in total. The van der Waals surface area contributed by atoms with E-state index >= 15 is 0 Å². The van der Waals surface area contributed by atoms with Crippen molar-refractivity contribution in [3.8, 4) is 5.75 Å². The van der Waals surface area contributed by atoms with Gasteiger partial charge in [-0.3, -0.25) is 4.98 Å². The summed E-state index contributed by atoms with van der Waals surface area (Å²) in [6.45, 7) is 3.68. The maximum atomic E-state index is 6.50. The lowest BCUT2D eigenvalue weighted by molar-refractivity contribution is 0.122. The Morgan fingerprint density at radius 1 is 1.00 bits per heavy atom. The van der Waals surface area contributed by atoms with Crippen LogP contribution >= 0.6 is 0 Å². The van der Waals surface area contributed by atoms with Gasteiger partial charge < -0.3 is 25.4 Å². The van der Waals surface area contributed by atoms with Crippen LogP contribution < -0.4 is 20.7 Å². The number of nitrogens with one attached hydrogen (secondary N) is 1. The lowest BCUT2D eigenvalue weighted by Gasteiger charge is -2.31. The maximum absolute atomic E-state index is 6.50. The molecule has 0 radical (unpaired) electrons. The summed E-state index contributed by atoms with van der Waals surface area (Å²) in [5, 5.41) is 3.44. The van der Waals surface area contributed by atoms with Crippen LogP contribution in [0.5, 0.6) is 5.75 Å². The van der Waals surface area contributed by atoms with Crippen molar-refractivity contribution in [2.75, 3.05) is 36.5 Å². The van der Waals surface area contributed by atoms with Crippen molar-refractivity contribution in [1.29, 1.82) is 0 Å². The van der Waals surface area contributed by atoms with Gasteiger partial charge in [0.2, 0.25) is 5.95 Å². The summed E-state index contributed by atoms with van der Waals surface area (Å²) in [7, 11) is 0. The zero-order valence-electron chi connectivity index (χ0n) is 18.1. The van der Waals surface area contributed by atoms with E-state index in [2.05, 4.69) is 42.3 Å². The first-order valence-corrected chi connectivity index (χ1v) is 11.3. The highest BCUT2D eigenvalue weighted by atomic mass is 16.5. The number of aromatic nitrogens is 4. The van der Waals surface area contributed by atoms with Crippen molar-refractivity contribution in [1.82, 2.24) is 19.9 Å². The number of nitrogens with two attached hydrogens (primary N) is 1. The second-order valence-electron chi connectivity index (χ2n) is 8.32. The highest BCUT2D eigenvalue weighted by Crippen LogP contribution is 2.33. The van der Waals surface area contributed by atoms with Crippen molar-refractivity contribution in [2.45, 2.75) is 44.4 Å². The lowest BCUT2D eigenvalue weighted by Crippen LogP contribution is -2.36. The predicted octanol–water partition coefficient (Wildman–Crippen LogP) is 2.52. The van der Waals surface area contributed by atoms with Crippen molar-refractivity contribution in [3.05, 3.63) is 42.5 Å². The molecule has 9 heteroatoms. The average Bonchev–Trinajstić information content (AvgIpc) is 2.86. The molecule has 3 aromatic rings. The van der Waals surface area contributed by atoms with Gasteiger partial charge in [-0.25, -0.2) is 15.0 Å². The lowest BCUT2D eigenvalue weighted by atomic mass is 9.93. The van der Waals surface area contributed by atoms with Crippen molar-refractivity contribution in [2.24, 2.45) is 5.73 Å². The van der Waals surface area contributed by atoms with E-state index in [1.54, 1.807) is 24.8 Å². The monoisotopic (exact) mass is 435 g/mol. The number of benzene rings is 1. The van der Waals surface area contributed by atoms with Gasteiger partial charge in [-0.2, -0.15) is 0 Å². The minimum Gasteiger partial charge on any atom is -0.488 e. The number of fused-ring (bicyclic) bond motifs is 1. The minimum atomic E-state index is 0.152. The fraction of sp³-hybridized carbons (Fsp3) is 0.478. The Morgan fingerprint density at radius 3 is 2.50 bits per heavy atom. The third kappa shape index (κ3) is 4.73. The molecule has 9 nitrogen and oxygen atoms in total. The molecule has 1 saturated carbocycles. The van der Waals surface area contributed by atoms with Crippen LogP contribution in [0, 0.1) is 0 Å². The van der Waals surface area contributed by atoms with E-state index in [1.807, 2.05) is 0 Å². The predicted molar refractivity (Wildman–Crippen MR) is 123 cm³/mol. The van der Waals surface area contributed by atoms with Gasteiger partial charge in [-0.15, -0.1) is 0 Å². The topological polar surface area (TPSA) is 111 Å². The molecular formula is C23H29N7O2. The van der Waals surface area contributed by atoms with Gasteiger partial charge in [0.25, 0.3) is 0 Å². The molecule has 3 heterocycles. The molecule has 1 aromatic carbocycles. The summed E-state index contributed by atoms with van der Waals surface area (Å²) in [4.78, 5) is 20.1. The quantitative estimate of drug-likeness (QED) is 0.603. The zero-order valence-corrected chi connectivity index (χ0v) is 18.1. The summed E-state index contributed by atoms with van der Waals surface area (Å²) in [6.07, 6.45) is 11.1. The van der Waals surface area contributed by atoms with Gasteiger partial charge in [-0.1, -0.05) is 0 Å². The number of nitrogens with zero attached hydrogens (tertiary/aromatic N) is 5. The summed E-state index contributed by atoms with van der Waals surface area (Å²) >= 11 is 0. The van der Waals surface area contributed by atoms with Gasteiger partial charge in [0.15, 0.2) is 0 Å². The normalized spacial score (nSPS) is 21.5. The van der Waals surface area contributed by atoms with E-state index in [-0.39, 0.29) is 6.10 Å². The Balaban J connectivity index is 1.25. The summed E-state index contributed by atoms with van der Waals surface area (Å²) < 4.78 is 12.0. The van der Waals surface area contributed by atoms with Gasteiger partial charge in [-0.05, 0) is 31.7 Å². The molecule has 0 unspecified atom stereocenters. The Morgan fingerprint density at radius 2 is 1.75 bits per heavy atom. The SMILES string of the molecule is NCc1cnc(NC2CCC(Oc3cc(N4CCOCC4)cc4nccnc34)CC2)nc1. The molecule has 1 aliphatic carbocycles. The maximum Gasteiger partial charge on any atom is 0.222 e. The van der Waals surface area contributed by atoms with Gasteiger partial charge >= 0.3 is 0 Å². The van der Waals surface area contributed by atoms with Crippen molar-refractivity contribution >= 4 is 22.7 Å². The Hall–Kier alpha value is -3.04. The number of ether oxygens (including phenoxy) is 2. The third-order valence-corrected chi connectivity index (χ3v) is 6.14. The summed E-state index contributed by atoms with van der Waals surface area (Å²) in [6, 6.07) is 4.55. The number of hydrogen-bond donors (Lipinski definition) is 2. The first-order chi connectivity index (χ1) is 15.8. The Bertz CT molecular complexity index is 1030. The van der Waals surface area contributed by atoms with E-state index in [0.717, 1.165) is 80.0 Å². The molecular weight excluding hydrogens is 406 g/mol. The molecule has 2 aromatic heterocycles. The van der Waals surface area contributed by atoms with Crippen LogP contribution in [0.3, 0.4) is 0 Å². The molecule has 1 aliphatic heterocycles. The van der Waals surface area contributed by atoms with E-state index in [4.69, 9.17) is 15.2 Å². The van der Waals surface area contributed by atoms with Crippen LogP contribution in [0.1, 0.15) is 31.2 Å². The molecule has 0 amide bonds. The Labute approximate surface area is 187 Å². The third-order valence-electron chi connectivity index (χ3n) is 6.14. The van der Waals surface area contributed by atoms with Crippen LogP contribution in [-0.2, 0) is 11.3 Å². The van der Waals surface area contributed by atoms with E-state index in [1.165, 1.54) is 0 Å². The Kier molecular flexibility index (Phi) is 6.27. The molecule has 168 valence electrons. The molecule has 32 heavy (non-hydrogen) atoms. The van der Waals surface area contributed by atoms with Crippen LogP contribution in [0.25, 0.3) is 11.0 Å². The summed E-state index contributed by atoms with van der Waals surface area (Å²) in [5.41, 5.74) is 9.35. The second kappa shape index (κ2) is 9.62. The molecule has 2 aliphatic rings.